The first-order chi connectivity index (χ1) is 12.6. The van der Waals surface area contributed by atoms with E-state index in [1.54, 1.807) is 13.3 Å². The van der Waals surface area contributed by atoms with Crippen molar-refractivity contribution in [3.05, 3.63) is 40.5 Å². The van der Waals surface area contributed by atoms with E-state index in [1.807, 2.05) is 35.4 Å². The number of fused-ring (bicyclic) bond motifs is 1. The number of carbonyl (C=O) groups is 1. The molecule has 1 amide bonds. The minimum atomic E-state index is -0.273. The summed E-state index contributed by atoms with van der Waals surface area (Å²) in [7, 11) is 1.76. The number of carbonyl (C=O) groups excluding carboxylic acids is 1. The fourth-order valence-corrected chi connectivity index (χ4v) is 4.80. The van der Waals surface area contributed by atoms with Crippen LogP contribution in [0.5, 0.6) is 5.88 Å². The molecule has 0 bridgehead atoms. The maximum absolute atomic E-state index is 13.0. The normalized spacial score (nSPS) is 28.0. The topological polar surface area (TPSA) is 64.6 Å². The molecule has 1 saturated carbocycles. The highest BCUT2D eigenvalue weighted by molar-refractivity contribution is 7.09. The Kier molecular flexibility index (Phi) is 4.67. The van der Waals surface area contributed by atoms with Gasteiger partial charge in [-0.2, -0.15) is 0 Å². The molecule has 3 atom stereocenters. The fourth-order valence-electron chi connectivity index (χ4n) is 4.21. The highest BCUT2D eigenvalue weighted by Gasteiger charge is 2.53. The first kappa shape index (κ1) is 17.4. The zero-order valence-electron chi connectivity index (χ0n) is 15.1. The highest BCUT2D eigenvalue weighted by atomic mass is 32.1. The molecular formula is C19H23N3O3S. The van der Waals surface area contributed by atoms with Gasteiger partial charge in [-0.3, -0.25) is 4.79 Å². The predicted molar refractivity (Wildman–Crippen MR) is 98.5 cm³/mol. The molecule has 2 fully saturated rings. The molecular weight excluding hydrogens is 350 g/mol. The van der Waals surface area contributed by atoms with E-state index in [0.29, 0.717) is 18.1 Å². The van der Waals surface area contributed by atoms with Gasteiger partial charge in [0, 0.05) is 37.7 Å². The van der Waals surface area contributed by atoms with Gasteiger partial charge in [-0.05, 0) is 32.3 Å². The Bertz CT molecular complexity index is 781. The molecule has 0 aromatic carbocycles. The van der Waals surface area contributed by atoms with E-state index < -0.39 is 0 Å². The van der Waals surface area contributed by atoms with Gasteiger partial charge in [0.1, 0.15) is 11.8 Å². The minimum absolute atomic E-state index is 0.00300. The minimum Gasteiger partial charge on any atom is -0.474 e. The maximum Gasteiger partial charge on any atom is 0.273 e. The largest absolute Gasteiger partial charge is 0.474 e. The number of hydrogen-bond acceptors (Lipinski definition) is 6. The van der Waals surface area contributed by atoms with Gasteiger partial charge in [0.15, 0.2) is 0 Å². The van der Waals surface area contributed by atoms with Crippen molar-refractivity contribution in [1.82, 2.24) is 14.9 Å². The van der Waals surface area contributed by atoms with Crippen LogP contribution in [-0.4, -0.2) is 52.2 Å². The number of methoxy groups -OCH3 is 1. The summed E-state index contributed by atoms with van der Waals surface area (Å²) in [4.78, 5) is 23.6. The number of rotatable bonds is 4. The van der Waals surface area contributed by atoms with E-state index in [4.69, 9.17) is 9.47 Å². The lowest BCUT2D eigenvalue weighted by atomic mass is 9.79. The number of aromatic nitrogens is 2. The van der Waals surface area contributed by atoms with Crippen LogP contribution in [-0.2, 0) is 4.74 Å². The average molecular weight is 373 g/mol. The fraction of sp³-hybridized carbons (Fsp3) is 0.526. The van der Waals surface area contributed by atoms with Gasteiger partial charge in [-0.25, -0.2) is 9.97 Å². The summed E-state index contributed by atoms with van der Waals surface area (Å²) in [6, 6.07) is 5.66. The number of thiazole rings is 1. The summed E-state index contributed by atoms with van der Waals surface area (Å²) in [6.45, 7) is 2.62. The molecule has 2 aromatic heterocycles. The van der Waals surface area contributed by atoms with Crippen LogP contribution < -0.4 is 4.74 Å². The third-order valence-corrected chi connectivity index (χ3v) is 6.34. The van der Waals surface area contributed by atoms with Gasteiger partial charge >= 0.3 is 0 Å². The zero-order chi connectivity index (χ0) is 18.1. The first-order valence-corrected chi connectivity index (χ1v) is 9.85. The van der Waals surface area contributed by atoms with Gasteiger partial charge in [-0.1, -0.05) is 6.07 Å². The number of nitrogens with zero attached hydrogens (tertiary/aromatic N) is 3. The van der Waals surface area contributed by atoms with Gasteiger partial charge in [0.2, 0.25) is 5.88 Å². The third kappa shape index (κ3) is 3.10. The Labute approximate surface area is 157 Å². The number of aryl methyl sites for hydroxylation is 1. The molecule has 0 unspecified atom stereocenters. The Morgan fingerprint density at radius 1 is 1.38 bits per heavy atom. The number of amides is 1. The van der Waals surface area contributed by atoms with Crippen molar-refractivity contribution in [2.75, 3.05) is 13.7 Å². The standard InChI is InChI=1S/C19H23N3O3S/c1-13-21-15(12-26-13)18(23)22-10-8-19(24-2)7-6-14(11-16(19)22)25-17-5-3-4-9-20-17/h3-5,9,12,14,16H,6-8,10-11H2,1-2H3/t14-,16+,19-/m1/s1. The van der Waals surface area contributed by atoms with Crippen molar-refractivity contribution in [3.8, 4) is 5.88 Å². The number of likely N-dealkylation sites (tertiary alicyclic amines) is 1. The van der Waals surface area contributed by atoms with E-state index in [1.165, 1.54) is 11.3 Å². The van der Waals surface area contributed by atoms with E-state index >= 15 is 0 Å². The molecule has 2 aromatic rings. The lowest BCUT2D eigenvalue weighted by Crippen LogP contribution is -2.53. The zero-order valence-corrected chi connectivity index (χ0v) is 15.9. The predicted octanol–water partition coefficient (Wildman–Crippen LogP) is 3.08. The molecule has 1 aliphatic heterocycles. The van der Waals surface area contributed by atoms with Gasteiger partial charge in [0.25, 0.3) is 5.91 Å². The summed E-state index contributed by atoms with van der Waals surface area (Å²) >= 11 is 1.51. The van der Waals surface area contributed by atoms with Crippen molar-refractivity contribution in [2.45, 2.75) is 50.4 Å². The molecule has 0 radical (unpaired) electrons. The second kappa shape index (κ2) is 6.96. The van der Waals surface area contributed by atoms with Gasteiger partial charge in [-0.15, -0.1) is 11.3 Å². The molecule has 138 valence electrons. The Hall–Kier alpha value is -1.99. The van der Waals surface area contributed by atoms with Crippen molar-refractivity contribution >= 4 is 17.2 Å². The lowest BCUT2D eigenvalue weighted by Gasteiger charge is -2.43. The molecule has 26 heavy (non-hydrogen) atoms. The number of hydrogen-bond donors (Lipinski definition) is 0. The molecule has 1 aliphatic carbocycles. The lowest BCUT2D eigenvalue weighted by molar-refractivity contribution is -0.0788. The number of pyridine rings is 1. The second-order valence-electron chi connectivity index (χ2n) is 6.97. The van der Waals surface area contributed by atoms with Crippen LogP contribution in [0.1, 0.15) is 41.2 Å². The molecule has 1 saturated heterocycles. The summed E-state index contributed by atoms with van der Waals surface area (Å²) in [5.74, 6) is 0.630. The highest BCUT2D eigenvalue weighted by Crippen LogP contribution is 2.43. The van der Waals surface area contributed by atoms with Crippen LogP contribution in [0.25, 0.3) is 0 Å². The number of ether oxygens (including phenoxy) is 2. The van der Waals surface area contributed by atoms with Crippen molar-refractivity contribution in [1.29, 1.82) is 0 Å². The Morgan fingerprint density at radius 2 is 2.27 bits per heavy atom. The smallest absolute Gasteiger partial charge is 0.273 e. The Morgan fingerprint density at radius 3 is 2.96 bits per heavy atom. The van der Waals surface area contributed by atoms with E-state index in [2.05, 4.69) is 9.97 Å². The van der Waals surface area contributed by atoms with E-state index in [9.17, 15) is 4.79 Å². The first-order valence-electron chi connectivity index (χ1n) is 8.97. The van der Waals surface area contributed by atoms with Crippen LogP contribution in [0.15, 0.2) is 29.8 Å². The molecule has 2 aliphatic rings. The molecule has 0 N–H and O–H groups in total. The molecule has 7 heteroatoms. The SMILES string of the molecule is CO[C@@]12CC[C@@H](Oc3ccccn3)C[C@@H]1N(C(=O)c1csc(C)n1)CC2. The monoisotopic (exact) mass is 373 g/mol. The maximum atomic E-state index is 13.0. The molecule has 0 spiro atoms. The quantitative estimate of drug-likeness (QED) is 0.824. The van der Waals surface area contributed by atoms with Crippen molar-refractivity contribution < 1.29 is 14.3 Å². The molecule has 3 heterocycles. The average Bonchev–Trinajstić information content (AvgIpc) is 3.26. The van der Waals surface area contributed by atoms with Crippen LogP contribution >= 0.6 is 11.3 Å². The summed E-state index contributed by atoms with van der Waals surface area (Å²) in [5, 5.41) is 2.75. The summed E-state index contributed by atoms with van der Waals surface area (Å²) in [5.41, 5.74) is 0.261. The van der Waals surface area contributed by atoms with Gasteiger partial charge in [0.05, 0.1) is 16.7 Å². The van der Waals surface area contributed by atoms with Crippen LogP contribution in [0.3, 0.4) is 0 Å². The second-order valence-corrected chi connectivity index (χ2v) is 8.03. The summed E-state index contributed by atoms with van der Waals surface area (Å²) in [6.07, 6.45) is 5.15. The van der Waals surface area contributed by atoms with Crippen molar-refractivity contribution in [2.24, 2.45) is 0 Å². The molecule has 4 rings (SSSR count). The van der Waals surface area contributed by atoms with E-state index in [0.717, 1.165) is 30.7 Å². The van der Waals surface area contributed by atoms with Crippen LogP contribution in [0.2, 0.25) is 0 Å². The van der Waals surface area contributed by atoms with Crippen molar-refractivity contribution in [3.63, 3.8) is 0 Å². The van der Waals surface area contributed by atoms with Crippen LogP contribution in [0.4, 0.5) is 0 Å². The van der Waals surface area contributed by atoms with Crippen LogP contribution in [0, 0.1) is 6.92 Å². The van der Waals surface area contributed by atoms with Gasteiger partial charge < -0.3 is 14.4 Å². The Balaban J connectivity index is 1.53. The van der Waals surface area contributed by atoms with E-state index in [-0.39, 0.29) is 23.7 Å². The third-order valence-electron chi connectivity index (χ3n) is 5.57. The molecule has 6 nitrogen and oxygen atoms in total. The summed E-state index contributed by atoms with van der Waals surface area (Å²) < 4.78 is 12.0.